The van der Waals surface area contributed by atoms with Gasteiger partial charge in [0.1, 0.15) is 6.10 Å². The fourth-order valence-corrected chi connectivity index (χ4v) is 4.82. The molecule has 6 nitrogen and oxygen atoms in total. The Bertz CT molecular complexity index is 714. The number of ether oxygens (including phenoxy) is 1. The van der Waals surface area contributed by atoms with Crippen LogP contribution in [0.15, 0.2) is 30.3 Å². The Morgan fingerprint density at radius 2 is 1.55 bits per heavy atom. The molecular formula is C25H42N2O4. The first kappa shape index (κ1) is 25.8. The van der Waals surface area contributed by atoms with E-state index in [1.807, 2.05) is 45.9 Å². The Balaban J connectivity index is 0.000000245. The molecule has 0 radical (unpaired) electrons. The van der Waals surface area contributed by atoms with Crippen molar-refractivity contribution >= 4 is 5.97 Å². The summed E-state index contributed by atoms with van der Waals surface area (Å²) in [7, 11) is 2.13. The lowest BCUT2D eigenvalue weighted by molar-refractivity contribution is -0.257. The maximum absolute atomic E-state index is 12.1. The quantitative estimate of drug-likeness (QED) is 0.674. The van der Waals surface area contributed by atoms with E-state index < -0.39 is 0 Å². The van der Waals surface area contributed by atoms with Gasteiger partial charge in [-0.3, -0.25) is 0 Å². The molecule has 0 aliphatic carbocycles. The summed E-state index contributed by atoms with van der Waals surface area (Å²) < 4.78 is 5.71. The molecule has 2 fully saturated rings. The first-order valence-electron chi connectivity index (χ1n) is 11.3. The molecular weight excluding hydrogens is 392 g/mol. The number of likely N-dealkylation sites (tertiary alicyclic amines) is 1. The highest BCUT2D eigenvalue weighted by atomic mass is 16.5. The number of esters is 1. The SMILES string of the molecule is CC1(C)CC(O)CC(C)(C)N1O.CC1C(OC(=O)c2ccccc2)CCN(C)C1(C)C. The van der Waals surface area contributed by atoms with Crippen LogP contribution in [0.25, 0.3) is 0 Å². The number of benzene rings is 1. The summed E-state index contributed by atoms with van der Waals surface area (Å²) in [6.45, 7) is 15.3. The number of carbonyl (C=O) groups is 1. The number of hydroxylamine groups is 2. The van der Waals surface area contributed by atoms with Gasteiger partial charge in [-0.25, -0.2) is 4.79 Å². The number of nitrogens with zero attached hydrogens (tertiary/aromatic N) is 2. The standard InChI is InChI=1S/C16H23NO2.C9H19NO2/c1-12-14(10-11-17(4)16(12,2)3)19-15(18)13-8-6-5-7-9-13;1-8(2)5-7(11)6-9(3,4)10(8)12/h5-9,12,14H,10-11H2,1-4H3;7,11-12H,5-6H2,1-4H3. The molecule has 2 aliphatic heterocycles. The van der Waals surface area contributed by atoms with Crippen LogP contribution in [0, 0.1) is 5.92 Å². The average molecular weight is 435 g/mol. The highest BCUT2D eigenvalue weighted by Gasteiger charge is 2.44. The van der Waals surface area contributed by atoms with E-state index in [-0.39, 0.29) is 34.8 Å². The van der Waals surface area contributed by atoms with Crippen molar-refractivity contribution < 1.29 is 19.8 Å². The normalized spacial score (nSPS) is 28.3. The summed E-state index contributed by atoms with van der Waals surface area (Å²) in [5.74, 6) is 0.108. The predicted molar refractivity (Wildman–Crippen MR) is 123 cm³/mol. The van der Waals surface area contributed by atoms with Crippen molar-refractivity contribution in [2.45, 2.75) is 96.6 Å². The third-order valence-electron chi connectivity index (χ3n) is 7.29. The monoisotopic (exact) mass is 434 g/mol. The summed E-state index contributed by atoms with van der Waals surface area (Å²) in [6, 6.07) is 9.22. The van der Waals surface area contributed by atoms with E-state index in [0.717, 1.165) is 13.0 Å². The molecule has 0 aromatic heterocycles. The minimum absolute atomic E-state index is 0.00101. The maximum atomic E-state index is 12.1. The van der Waals surface area contributed by atoms with Crippen LogP contribution < -0.4 is 0 Å². The van der Waals surface area contributed by atoms with Gasteiger partial charge in [0.25, 0.3) is 0 Å². The minimum atomic E-state index is -0.318. The van der Waals surface area contributed by atoms with Gasteiger partial charge in [0, 0.05) is 29.1 Å². The number of piperidine rings is 2. The Morgan fingerprint density at radius 1 is 1.03 bits per heavy atom. The van der Waals surface area contributed by atoms with E-state index in [0.29, 0.717) is 24.3 Å². The van der Waals surface area contributed by atoms with E-state index >= 15 is 0 Å². The molecule has 2 N–H and O–H groups in total. The fraction of sp³-hybridized carbons (Fsp3) is 0.720. The molecule has 2 atom stereocenters. The second kappa shape index (κ2) is 9.57. The second-order valence-corrected chi connectivity index (χ2v) is 11.0. The number of aliphatic hydroxyl groups excluding tert-OH is 1. The smallest absolute Gasteiger partial charge is 0.338 e. The van der Waals surface area contributed by atoms with E-state index in [4.69, 9.17) is 4.74 Å². The van der Waals surface area contributed by atoms with Gasteiger partial charge < -0.3 is 20.0 Å². The largest absolute Gasteiger partial charge is 0.458 e. The van der Waals surface area contributed by atoms with Gasteiger partial charge >= 0.3 is 5.97 Å². The Labute approximate surface area is 188 Å². The van der Waals surface area contributed by atoms with Gasteiger partial charge in [0.15, 0.2) is 0 Å². The van der Waals surface area contributed by atoms with Gasteiger partial charge in [-0.05, 0) is 80.0 Å². The molecule has 1 aromatic rings. The van der Waals surface area contributed by atoms with Crippen LogP contribution in [-0.2, 0) is 4.74 Å². The zero-order chi connectivity index (χ0) is 23.6. The van der Waals surface area contributed by atoms with Crippen LogP contribution in [0.3, 0.4) is 0 Å². The van der Waals surface area contributed by atoms with Gasteiger partial charge in [-0.1, -0.05) is 25.1 Å². The zero-order valence-corrected chi connectivity index (χ0v) is 20.6. The zero-order valence-electron chi connectivity index (χ0n) is 20.6. The molecule has 0 bridgehead atoms. The van der Waals surface area contributed by atoms with E-state index in [1.165, 1.54) is 5.06 Å². The Morgan fingerprint density at radius 3 is 2.06 bits per heavy atom. The highest BCUT2D eigenvalue weighted by molar-refractivity contribution is 5.89. The van der Waals surface area contributed by atoms with Crippen LogP contribution in [0.2, 0.25) is 0 Å². The average Bonchev–Trinajstić information content (AvgIpc) is 2.67. The van der Waals surface area contributed by atoms with Crippen molar-refractivity contribution in [2.24, 2.45) is 5.92 Å². The topological polar surface area (TPSA) is 73.2 Å². The first-order valence-corrected chi connectivity index (χ1v) is 11.3. The van der Waals surface area contributed by atoms with Crippen molar-refractivity contribution in [2.75, 3.05) is 13.6 Å². The molecule has 0 spiro atoms. The summed E-state index contributed by atoms with van der Waals surface area (Å²) in [5.41, 5.74) is 0.0498. The van der Waals surface area contributed by atoms with Gasteiger partial charge in [0.2, 0.25) is 0 Å². The molecule has 31 heavy (non-hydrogen) atoms. The van der Waals surface area contributed by atoms with Crippen molar-refractivity contribution in [3.63, 3.8) is 0 Å². The molecule has 0 amide bonds. The van der Waals surface area contributed by atoms with Crippen molar-refractivity contribution in [1.82, 2.24) is 9.96 Å². The second-order valence-electron chi connectivity index (χ2n) is 11.0. The third kappa shape index (κ3) is 6.07. The molecule has 6 heteroatoms. The minimum Gasteiger partial charge on any atom is -0.458 e. The number of hydrogen-bond donors (Lipinski definition) is 2. The third-order valence-corrected chi connectivity index (χ3v) is 7.29. The molecule has 1 aromatic carbocycles. The number of hydrogen-bond acceptors (Lipinski definition) is 6. The molecule has 176 valence electrons. The highest BCUT2D eigenvalue weighted by Crippen LogP contribution is 2.36. The van der Waals surface area contributed by atoms with Gasteiger partial charge in [-0.15, -0.1) is 0 Å². The molecule has 0 saturated carbocycles. The first-order chi connectivity index (χ1) is 14.2. The summed E-state index contributed by atoms with van der Waals surface area (Å²) in [4.78, 5) is 14.5. The molecule has 2 heterocycles. The lowest BCUT2D eigenvalue weighted by Gasteiger charge is -2.50. The van der Waals surface area contributed by atoms with E-state index in [9.17, 15) is 15.1 Å². The van der Waals surface area contributed by atoms with Crippen molar-refractivity contribution in [3.8, 4) is 0 Å². The van der Waals surface area contributed by atoms with Crippen LogP contribution in [0.5, 0.6) is 0 Å². The number of aliphatic hydroxyl groups is 1. The van der Waals surface area contributed by atoms with Crippen LogP contribution in [0.1, 0.15) is 78.1 Å². The van der Waals surface area contributed by atoms with Crippen LogP contribution >= 0.6 is 0 Å². The Hall–Kier alpha value is -1.47. The van der Waals surface area contributed by atoms with Crippen molar-refractivity contribution in [1.29, 1.82) is 0 Å². The molecule has 2 unspecified atom stereocenters. The maximum Gasteiger partial charge on any atom is 0.338 e. The number of rotatable bonds is 2. The predicted octanol–water partition coefficient (Wildman–Crippen LogP) is 4.35. The van der Waals surface area contributed by atoms with Gasteiger partial charge in [0.05, 0.1) is 11.7 Å². The fourth-order valence-electron chi connectivity index (χ4n) is 4.82. The molecule has 2 aliphatic rings. The van der Waals surface area contributed by atoms with E-state index in [1.54, 1.807) is 12.1 Å². The lowest BCUT2D eigenvalue weighted by atomic mass is 9.79. The Kier molecular flexibility index (Phi) is 7.96. The number of carbonyl (C=O) groups excluding carboxylic acids is 1. The van der Waals surface area contributed by atoms with Crippen molar-refractivity contribution in [3.05, 3.63) is 35.9 Å². The summed E-state index contributed by atoms with van der Waals surface area (Å²) in [5, 5.41) is 20.7. The summed E-state index contributed by atoms with van der Waals surface area (Å²) >= 11 is 0. The molecule has 2 saturated heterocycles. The van der Waals surface area contributed by atoms with E-state index in [2.05, 4.69) is 32.7 Å². The molecule has 3 rings (SSSR count). The van der Waals surface area contributed by atoms with Gasteiger partial charge in [-0.2, -0.15) is 5.06 Å². The van der Waals surface area contributed by atoms with Crippen LogP contribution in [0.4, 0.5) is 0 Å². The summed E-state index contributed by atoms with van der Waals surface area (Å²) in [6.07, 6.45) is 1.87. The van der Waals surface area contributed by atoms with Crippen LogP contribution in [-0.4, -0.2) is 68.7 Å². The lowest BCUT2D eigenvalue weighted by Crippen LogP contribution is -2.60.